The van der Waals surface area contributed by atoms with Crippen molar-refractivity contribution >= 4 is 8.38 Å². The second-order valence-corrected chi connectivity index (χ2v) is 6.33. The molecule has 0 radical (unpaired) electrons. The maximum absolute atomic E-state index is 10.5. The summed E-state index contributed by atoms with van der Waals surface area (Å²) in [5, 5.41) is 10.5. The number of hydrogen-bond donors (Lipinski definition) is 2. The minimum absolute atomic E-state index is 0.140. The Bertz CT molecular complexity index is 713. The molecule has 0 aliphatic heterocycles. The molecule has 2 rings (SSSR count). The normalized spacial score (nSPS) is 11.9. The van der Waals surface area contributed by atoms with Crippen LogP contribution in [-0.4, -0.2) is 30.9 Å². The number of hydrogen-bond acceptors (Lipinski definition) is 5. The predicted molar refractivity (Wildman–Crippen MR) is 91.8 cm³/mol. The number of phenolic OH excluding ortho intramolecular Hbond substituents is 1. The van der Waals surface area contributed by atoms with E-state index >= 15 is 0 Å². The molecule has 6 heteroatoms. The van der Waals surface area contributed by atoms with Crippen molar-refractivity contribution in [2.75, 3.05) is 20.9 Å². The number of aryl methyl sites for hydroxylation is 2. The fraction of sp³-hybridized carbons (Fsp3) is 0.294. The Hall–Kier alpha value is -1.97. The van der Waals surface area contributed by atoms with E-state index < -0.39 is 8.38 Å². The van der Waals surface area contributed by atoms with Gasteiger partial charge in [-0.2, -0.15) is 0 Å². The highest BCUT2D eigenvalue weighted by Crippen LogP contribution is 2.46. The van der Waals surface area contributed by atoms with Crippen LogP contribution in [0.1, 0.15) is 11.1 Å². The molecule has 0 bridgehead atoms. The molecule has 2 aromatic rings. The van der Waals surface area contributed by atoms with Gasteiger partial charge < -0.3 is 24.0 Å². The number of methoxy groups -OCH3 is 2. The minimum atomic E-state index is -1.60. The lowest BCUT2D eigenvalue weighted by Gasteiger charge is -2.18. The first kappa shape index (κ1) is 17.4. The Morgan fingerprint density at radius 3 is 1.91 bits per heavy atom. The summed E-state index contributed by atoms with van der Waals surface area (Å²) in [6.45, 7) is 5.26. The van der Waals surface area contributed by atoms with Crippen LogP contribution in [0.5, 0.6) is 23.0 Å². The van der Waals surface area contributed by atoms with Gasteiger partial charge in [-0.1, -0.05) is 0 Å². The highest BCUT2D eigenvalue weighted by molar-refractivity contribution is 7.45. The molecule has 0 spiro atoms. The summed E-state index contributed by atoms with van der Waals surface area (Å²) in [5.41, 5.74) is 2.71. The summed E-state index contributed by atoms with van der Waals surface area (Å²) < 4.78 is 16.2. The molecule has 0 aliphatic rings. The summed E-state index contributed by atoms with van der Waals surface area (Å²) in [4.78, 5) is 9.68. The fourth-order valence-electron chi connectivity index (χ4n) is 2.38. The molecule has 2 aromatic carbocycles. The maximum Gasteiger partial charge on any atom is 0.224 e. The third kappa shape index (κ3) is 3.69. The van der Waals surface area contributed by atoms with Crippen LogP contribution in [0.2, 0.25) is 0 Å². The van der Waals surface area contributed by atoms with Crippen molar-refractivity contribution in [3.05, 3.63) is 35.4 Å². The summed E-state index contributed by atoms with van der Waals surface area (Å²) in [6.07, 6.45) is 0. The van der Waals surface area contributed by atoms with Crippen molar-refractivity contribution < 1.29 is 24.0 Å². The van der Waals surface area contributed by atoms with Crippen molar-refractivity contribution in [3.8, 4) is 34.1 Å². The van der Waals surface area contributed by atoms with Crippen LogP contribution >= 0.6 is 8.38 Å². The van der Waals surface area contributed by atoms with Crippen molar-refractivity contribution in [1.82, 2.24) is 0 Å². The molecular weight excluding hydrogens is 315 g/mol. The Morgan fingerprint density at radius 1 is 0.870 bits per heavy atom. The zero-order valence-electron chi connectivity index (χ0n) is 13.9. The first-order valence-corrected chi connectivity index (χ1v) is 8.70. The monoisotopic (exact) mass is 336 g/mol. The second-order valence-electron chi connectivity index (χ2n) is 5.22. The second kappa shape index (κ2) is 7.07. The van der Waals surface area contributed by atoms with Crippen molar-refractivity contribution in [2.45, 2.75) is 13.8 Å². The van der Waals surface area contributed by atoms with E-state index in [1.165, 1.54) is 0 Å². The number of phenols is 1. The Labute approximate surface area is 137 Å². The first-order valence-electron chi connectivity index (χ1n) is 7.04. The molecule has 0 saturated carbocycles. The maximum atomic E-state index is 10.5. The number of benzene rings is 2. The van der Waals surface area contributed by atoms with Gasteiger partial charge in [-0.15, -0.1) is 0 Å². The summed E-state index contributed by atoms with van der Waals surface area (Å²) in [5.74, 6) is 1.93. The fourth-order valence-corrected chi connectivity index (χ4v) is 2.89. The van der Waals surface area contributed by atoms with Gasteiger partial charge in [-0.05, 0) is 49.2 Å². The van der Waals surface area contributed by atoms with Gasteiger partial charge in [0.15, 0.2) is 0 Å². The molecule has 0 saturated heterocycles. The average Bonchev–Trinajstić information content (AvgIpc) is 2.51. The van der Waals surface area contributed by atoms with E-state index in [4.69, 9.17) is 14.0 Å². The molecule has 1 unspecified atom stereocenters. The molecule has 1 atom stereocenters. The molecule has 0 aliphatic carbocycles. The first-order chi connectivity index (χ1) is 10.9. The van der Waals surface area contributed by atoms with Gasteiger partial charge in [0.05, 0.1) is 14.2 Å². The van der Waals surface area contributed by atoms with Crippen LogP contribution in [-0.2, 0) is 0 Å². The smallest absolute Gasteiger partial charge is 0.224 e. The van der Waals surface area contributed by atoms with Crippen LogP contribution in [0.25, 0.3) is 11.1 Å². The SMILES string of the molecule is COc1cc(C)c(O)c(-c2cc(OC)cc(C)c2OP(C)O)c1. The van der Waals surface area contributed by atoms with Crippen LogP contribution in [0.4, 0.5) is 0 Å². The lowest BCUT2D eigenvalue weighted by atomic mass is 9.98. The lowest BCUT2D eigenvalue weighted by molar-refractivity contribution is 0.411. The van der Waals surface area contributed by atoms with Gasteiger partial charge in [-0.25, -0.2) is 0 Å². The molecule has 0 amide bonds. The summed E-state index contributed by atoms with van der Waals surface area (Å²) in [6, 6.07) is 7.08. The van der Waals surface area contributed by atoms with Crippen LogP contribution in [0.15, 0.2) is 24.3 Å². The largest absolute Gasteiger partial charge is 0.507 e. The summed E-state index contributed by atoms with van der Waals surface area (Å²) >= 11 is 0. The summed E-state index contributed by atoms with van der Waals surface area (Å²) in [7, 11) is 1.55. The van der Waals surface area contributed by atoms with Crippen molar-refractivity contribution in [2.24, 2.45) is 0 Å². The third-order valence-electron chi connectivity index (χ3n) is 3.51. The van der Waals surface area contributed by atoms with Gasteiger partial charge in [0.25, 0.3) is 0 Å². The Kier molecular flexibility index (Phi) is 5.34. The van der Waals surface area contributed by atoms with Gasteiger partial charge in [0, 0.05) is 17.8 Å². The van der Waals surface area contributed by atoms with E-state index in [0.29, 0.717) is 33.9 Å². The van der Waals surface area contributed by atoms with E-state index in [9.17, 15) is 10.00 Å². The molecular formula is C17H21O5P. The zero-order chi connectivity index (χ0) is 17.1. The highest BCUT2D eigenvalue weighted by atomic mass is 31.2. The molecule has 124 valence electrons. The topological polar surface area (TPSA) is 68.2 Å². The molecule has 23 heavy (non-hydrogen) atoms. The van der Waals surface area contributed by atoms with Gasteiger partial charge >= 0.3 is 0 Å². The van der Waals surface area contributed by atoms with E-state index in [0.717, 1.165) is 5.56 Å². The van der Waals surface area contributed by atoms with Crippen LogP contribution in [0, 0.1) is 13.8 Å². The van der Waals surface area contributed by atoms with Gasteiger partial charge in [-0.3, -0.25) is 0 Å². The van der Waals surface area contributed by atoms with E-state index in [1.807, 2.05) is 13.0 Å². The van der Waals surface area contributed by atoms with Gasteiger partial charge in [0.2, 0.25) is 8.38 Å². The molecule has 2 N–H and O–H groups in total. The zero-order valence-corrected chi connectivity index (χ0v) is 14.8. The van der Waals surface area contributed by atoms with Crippen LogP contribution in [0.3, 0.4) is 0 Å². The number of rotatable bonds is 5. The lowest BCUT2D eigenvalue weighted by Crippen LogP contribution is -1.96. The molecule has 0 aromatic heterocycles. The van der Waals surface area contributed by atoms with Crippen molar-refractivity contribution in [1.29, 1.82) is 0 Å². The molecule has 5 nitrogen and oxygen atoms in total. The highest BCUT2D eigenvalue weighted by Gasteiger charge is 2.19. The van der Waals surface area contributed by atoms with E-state index in [-0.39, 0.29) is 5.75 Å². The van der Waals surface area contributed by atoms with Crippen molar-refractivity contribution in [3.63, 3.8) is 0 Å². The third-order valence-corrected chi connectivity index (χ3v) is 3.95. The standard InChI is InChI=1S/C17H21O5P/c1-10-6-12(20-3)8-14(16(10)18)15-9-13(21-4)7-11(2)17(15)22-23(5)19/h6-9,18-19H,1-5H3. The number of ether oxygens (including phenoxy) is 2. The van der Waals surface area contributed by atoms with E-state index in [2.05, 4.69) is 0 Å². The Morgan fingerprint density at radius 2 is 1.39 bits per heavy atom. The molecule has 0 heterocycles. The minimum Gasteiger partial charge on any atom is -0.507 e. The van der Waals surface area contributed by atoms with Gasteiger partial charge in [0.1, 0.15) is 23.0 Å². The predicted octanol–water partition coefficient (Wildman–Crippen LogP) is 4.01. The quantitative estimate of drug-likeness (QED) is 0.808. The average molecular weight is 336 g/mol. The Balaban J connectivity index is 2.75. The number of aromatic hydroxyl groups is 1. The van der Waals surface area contributed by atoms with E-state index in [1.54, 1.807) is 46.0 Å². The van der Waals surface area contributed by atoms with Crippen LogP contribution < -0.4 is 14.0 Å². The molecule has 0 fully saturated rings.